The largest absolute Gasteiger partial charge is 0.497 e. The van der Waals surface area contributed by atoms with Gasteiger partial charge in [0.05, 0.1) is 26.8 Å². The molecular formula is C21H18N2O5. The monoisotopic (exact) mass is 378 g/mol. The molecule has 0 saturated heterocycles. The first-order chi connectivity index (χ1) is 13.6. The van der Waals surface area contributed by atoms with Crippen LogP contribution in [-0.4, -0.2) is 32.2 Å². The number of aromatic nitrogens is 1. The molecule has 0 bridgehead atoms. The molecule has 7 nitrogen and oxygen atoms in total. The Hall–Kier alpha value is -3.74. The zero-order valence-electron chi connectivity index (χ0n) is 15.6. The summed E-state index contributed by atoms with van der Waals surface area (Å²) in [5.41, 5.74) is 1.68. The van der Waals surface area contributed by atoms with E-state index in [1.54, 1.807) is 38.5 Å². The van der Waals surface area contributed by atoms with Crippen LogP contribution in [0.15, 0.2) is 52.9 Å². The summed E-state index contributed by atoms with van der Waals surface area (Å²) in [6.07, 6.45) is 0. The molecule has 0 radical (unpaired) electrons. The second-order valence-electron chi connectivity index (χ2n) is 6.08. The zero-order chi connectivity index (χ0) is 19.7. The van der Waals surface area contributed by atoms with Crippen LogP contribution < -0.4 is 19.5 Å². The number of fused-ring (bicyclic) bond motifs is 2. The average Bonchev–Trinajstić information content (AvgIpc) is 3.14. The highest BCUT2D eigenvalue weighted by Crippen LogP contribution is 2.30. The number of benzene rings is 2. The van der Waals surface area contributed by atoms with Crippen LogP contribution in [-0.2, 0) is 0 Å². The maximum Gasteiger partial charge on any atom is 0.291 e. The Morgan fingerprint density at radius 2 is 1.71 bits per heavy atom. The Balaban J connectivity index is 1.64. The lowest BCUT2D eigenvalue weighted by atomic mass is 10.2. The summed E-state index contributed by atoms with van der Waals surface area (Å²) in [4.78, 5) is 17.1. The summed E-state index contributed by atoms with van der Waals surface area (Å²) >= 11 is 0. The maximum atomic E-state index is 12.6. The first-order valence-electron chi connectivity index (χ1n) is 8.53. The SMILES string of the molecule is COc1ccc2cc3cc(C(=O)Nc4ccc(OC)c(OC)c4)oc3nc2c1. The van der Waals surface area contributed by atoms with Gasteiger partial charge >= 0.3 is 0 Å². The third kappa shape index (κ3) is 3.18. The van der Waals surface area contributed by atoms with Crippen LogP contribution in [0.1, 0.15) is 10.6 Å². The van der Waals surface area contributed by atoms with Gasteiger partial charge in [0.2, 0.25) is 5.71 Å². The van der Waals surface area contributed by atoms with Gasteiger partial charge in [-0.3, -0.25) is 4.79 Å². The number of carbonyl (C=O) groups excluding carboxylic acids is 1. The lowest BCUT2D eigenvalue weighted by Gasteiger charge is -2.09. The second kappa shape index (κ2) is 7.11. The predicted molar refractivity (Wildman–Crippen MR) is 106 cm³/mol. The fourth-order valence-electron chi connectivity index (χ4n) is 2.95. The van der Waals surface area contributed by atoms with E-state index in [0.717, 1.165) is 16.3 Å². The molecule has 28 heavy (non-hydrogen) atoms. The van der Waals surface area contributed by atoms with Crippen LogP contribution in [0.25, 0.3) is 22.0 Å². The normalized spacial score (nSPS) is 10.8. The second-order valence-corrected chi connectivity index (χ2v) is 6.08. The first kappa shape index (κ1) is 17.7. The van der Waals surface area contributed by atoms with Crippen molar-refractivity contribution in [1.82, 2.24) is 4.98 Å². The summed E-state index contributed by atoms with van der Waals surface area (Å²) in [5, 5.41) is 4.47. The Labute approximate surface area is 160 Å². The van der Waals surface area contributed by atoms with E-state index in [9.17, 15) is 4.79 Å². The summed E-state index contributed by atoms with van der Waals surface area (Å²) < 4.78 is 21.3. The molecule has 0 aliphatic heterocycles. The number of methoxy groups -OCH3 is 3. The number of furan rings is 1. The van der Waals surface area contributed by atoms with Gasteiger partial charge in [-0.15, -0.1) is 0 Å². The number of amides is 1. The number of nitrogens with zero attached hydrogens (tertiary/aromatic N) is 1. The molecule has 7 heteroatoms. The number of ether oxygens (including phenoxy) is 3. The van der Waals surface area contributed by atoms with Crippen LogP contribution in [0.4, 0.5) is 5.69 Å². The van der Waals surface area contributed by atoms with Gasteiger partial charge in [-0.25, -0.2) is 4.98 Å². The summed E-state index contributed by atoms with van der Waals surface area (Å²) in [5.74, 6) is 1.59. The Kier molecular flexibility index (Phi) is 4.49. The topological polar surface area (TPSA) is 82.8 Å². The number of nitrogens with one attached hydrogen (secondary N) is 1. The van der Waals surface area contributed by atoms with E-state index in [-0.39, 0.29) is 11.7 Å². The highest BCUT2D eigenvalue weighted by molar-refractivity contribution is 6.05. The van der Waals surface area contributed by atoms with Crippen molar-refractivity contribution < 1.29 is 23.4 Å². The fourth-order valence-corrected chi connectivity index (χ4v) is 2.95. The van der Waals surface area contributed by atoms with E-state index in [0.29, 0.717) is 28.6 Å². The fraction of sp³-hybridized carbons (Fsp3) is 0.143. The molecule has 2 aromatic carbocycles. The maximum absolute atomic E-state index is 12.6. The summed E-state index contributed by atoms with van der Waals surface area (Å²) in [6, 6.07) is 14.3. The van der Waals surface area contributed by atoms with Gasteiger partial charge in [0.15, 0.2) is 17.3 Å². The van der Waals surface area contributed by atoms with Crippen molar-refractivity contribution >= 4 is 33.6 Å². The molecule has 4 rings (SSSR count). The molecule has 1 amide bonds. The minimum absolute atomic E-state index is 0.166. The van der Waals surface area contributed by atoms with Gasteiger partial charge in [0.1, 0.15) is 5.75 Å². The minimum atomic E-state index is -0.383. The van der Waals surface area contributed by atoms with Gasteiger partial charge in [-0.05, 0) is 36.4 Å². The minimum Gasteiger partial charge on any atom is -0.497 e. The van der Waals surface area contributed by atoms with Gasteiger partial charge in [0, 0.05) is 28.6 Å². The molecular weight excluding hydrogens is 360 g/mol. The van der Waals surface area contributed by atoms with Crippen molar-refractivity contribution in [2.75, 3.05) is 26.6 Å². The molecule has 142 valence electrons. The highest BCUT2D eigenvalue weighted by Gasteiger charge is 2.15. The van der Waals surface area contributed by atoms with E-state index >= 15 is 0 Å². The molecule has 0 saturated carbocycles. The van der Waals surface area contributed by atoms with E-state index < -0.39 is 0 Å². The smallest absolute Gasteiger partial charge is 0.291 e. The molecule has 0 aliphatic rings. The van der Waals surface area contributed by atoms with Gasteiger partial charge < -0.3 is 23.9 Å². The van der Waals surface area contributed by atoms with Crippen LogP contribution in [0.5, 0.6) is 17.2 Å². The molecule has 0 unspecified atom stereocenters. The molecule has 0 atom stereocenters. The number of pyridine rings is 1. The average molecular weight is 378 g/mol. The summed E-state index contributed by atoms with van der Waals surface area (Å²) in [7, 11) is 4.69. The molecule has 2 aromatic heterocycles. The van der Waals surface area contributed by atoms with E-state index in [2.05, 4.69) is 10.3 Å². The standard InChI is InChI=1S/C21H18N2O5/c1-25-15-6-4-12-8-13-9-19(28-21(13)23-16(12)11-15)20(24)22-14-5-7-17(26-2)18(10-14)27-3/h4-11H,1-3H3,(H,22,24). The van der Waals surface area contributed by atoms with Crippen LogP contribution in [0, 0.1) is 0 Å². The van der Waals surface area contributed by atoms with Crippen molar-refractivity contribution in [2.45, 2.75) is 0 Å². The molecule has 0 spiro atoms. The van der Waals surface area contributed by atoms with Crippen molar-refractivity contribution in [1.29, 1.82) is 0 Å². The molecule has 1 N–H and O–H groups in total. The zero-order valence-corrected chi connectivity index (χ0v) is 15.6. The molecule has 2 heterocycles. The van der Waals surface area contributed by atoms with E-state index in [1.807, 2.05) is 24.3 Å². The molecule has 4 aromatic rings. The van der Waals surface area contributed by atoms with Crippen molar-refractivity contribution in [2.24, 2.45) is 0 Å². The number of hydrogen-bond donors (Lipinski definition) is 1. The molecule has 0 aliphatic carbocycles. The summed E-state index contributed by atoms with van der Waals surface area (Å²) in [6.45, 7) is 0. The third-order valence-electron chi connectivity index (χ3n) is 4.38. The Bertz CT molecular complexity index is 1180. The lowest BCUT2D eigenvalue weighted by Crippen LogP contribution is -2.10. The Morgan fingerprint density at radius 1 is 0.893 bits per heavy atom. The Morgan fingerprint density at radius 3 is 2.46 bits per heavy atom. The highest BCUT2D eigenvalue weighted by atomic mass is 16.5. The van der Waals surface area contributed by atoms with Crippen molar-refractivity contribution in [3.63, 3.8) is 0 Å². The van der Waals surface area contributed by atoms with Crippen LogP contribution >= 0.6 is 0 Å². The van der Waals surface area contributed by atoms with Gasteiger partial charge in [-0.2, -0.15) is 0 Å². The number of hydrogen-bond acceptors (Lipinski definition) is 6. The number of carbonyl (C=O) groups is 1. The predicted octanol–water partition coefficient (Wildman–Crippen LogP) is 4.26. The number of rotatable bonds is 5. The lowest BCUT2D eigenvalue weighted by molar-refractivity contribution is 0.0998. The third-order valence-corrected chi connectivity index (χ3v) is 4.38. The van der Waals surface area contributed by atoms with E-state index in [4.69, 9.17) is 18.6 Å². The van der Waals surface area contributed by atoms with Crippen LogP contribution in [0.3, 0.4) is 0 Å². The van der Waals surface area contributed by atoms with E-state index in [1.165, 1.54) is 7.11 Å². The van der Waals surface area contributed by atoms with Gasteiger partial charge in [-0.1, -0.05) is 0 Å². The van der Waals surface area contributed by atoms with Gasteiger partial charge in [0.25, 0.3) is 5.91 Å². The first-order valence-corrected chi connectivity index (χ1v) is 8.53. The molecule has 0 fully saturated rings. The number of anilines is 1. The quantitative estimate of drug-likeness (QED) is 0.559. The van der Waals surface area contributed by atoms with Crippen molar-refractivity contribution in [3.8, 4) is 17.2 Å². The van der Waals surface area contributed by atoms with Crippen molar-refractivity contribution in [3.05, 3.63) is 54.3 Å². The van der Waals surface area contributed by atoms with Crippen LogP contribution in [0.2, 0.25) is 0 Å².